The quantitative estimate of drug-likeness (QED) is 0.920. The van der Waals surface area contributed by atoms with E-state index in [-0.39, 0.29) is 11.8 Å². The van der Waals surface area contributed by atoms with Gasteiger partial charge in [-0.2, -0.15) is 0 Å². The van der Waals surface area contributed by atoms with Crippen molar-refractivity contribution in [1.82, 2.24) is 10.2 Å². The molecule has 1 N–H and O–H groups in total. The number of likely N-dealkylation sites (N-methyl/N-ethyl adjacent to an activating group) is 1. The van der Waals surface area contributed by atoms with Crippen molar-refractivity contribution in [3.63, 3.8) is 0 Å². The van der Waals surface area contributed by atoms with Gasteiger partial charge in [-0.3, -0.25) is 9.59 Å². The second kappa shape index (κ2) is 6.87. The van der Waals surface area contributed by atoms with E-state index in [0.29, 0.717) is 11.4 Å². The molecule has 2 amide bonds. The van der Waals surface area contributed by atoms with Gasteiger partial charge in [0.1, 0.15) is 6.04 Å². The Labute approximate surface area is 132 Å². The second-order valence-electron chi connectivity index (χ2n) is 4.89. The Hall–Kier alpha value is -1.66. The molecule has 1 unspecified atom stereocenters. The molecule has 0 saturated heterocycles. The molecule has 4 nitrogen and oxygen atoms in total. The lowest BCUT2D eigenvalue weighted by atomic mass is 10.2. The van der Waals surface area contributed by atoms with Crippen molar-refractivity contribution in [3.8, 4) is 0 Å². The standard InChI is InChI=1S/C15H18N2O2S2/c1-10-6-8-21-13(10)9-17(3)15(19)11(2)16-14(18)12-5-4-7-20-12/h4-8,11H,9H2,1-3H3,(H,16,18). The van der Waals surface area contributed by atoms with E-state index in [4.69, 9.17) is 0 Å². The summed E-state index contributed by atoms with van der Waals surface area (Å²) >= 11 is 3.00. The third-order valence-electron chi connectivity index (χ3n) is 3.19. The molecular weight excluding hydrogens is 304 g/mol. The summed E-state index contributed by atoms with van der Waals surface area (Å²) in [7, 11) is 1.76. The van der Waals surface area contributed by atoms with Crippen LogP contribution in [0.1, 0.15) is 27.0 Å². The Bertz CT molecular complexity index is 619. The zero-order chi connectivity index (χ0) is 15.4. The van der Waals surface area contributed by atoms with Crippen LogP contribution in [0, 0.1) is 6.92 Å². The van der Waals surface area contributed by atoms with Gasteiger partial charge in [0.25, 0.3) is 5.91 Å². The van der Waals surface area contributed by atoms with E-state index in [9.17, 15) is 9.59 Å². The second-order valence-corrected chi connectivity index (χ2v) is 6.84. The van der Waals surface area contributed by atoms with E-state index in [0.717, 1.165) is 0 Å². The first-order valence-corrected chi connectivity index (χ1v) is 8.37. The van der Waals surface area contributed by atoms with Crippen molar-refractivity contribution in [3.05, 3.63) is 44.3 Å². The minimum atomic E-state index is -0.537. The van der Waals surface area contributed by atoms with Gasteiger partial charge in [-0.05, 0) is 42.3 Å². The average molecular weight is 322 g/mol. The summed E-state index contributed by atoms with van der Waals surface area (Å²) in [5.41, 5.74) is 1.19. The van der Waals surface area contributed by atoms with Gasteiger partial charge < -0.3 is 10.2 Å². The van der Waals surface area contributed by atoms with E-state index in [1.165, 1.54) is 21.8 Å². The normalized spacial score (nSPS) is 12.0. The molecule has 0 aromatic carbocycles. The van der Waals surface area contributed by atoms with E-state index in [1.54, 1.807) is 36.3 Å². The summed E-state index contributed by atoms with van der Waals surface area (Å²) in [6, 6.07) is 5.07. The highest BCUT2D eigenvalue weighted by Crippen LogP contribution is 2.17. The molecular formula is C15H18N2O2S2. The van der Waals surface area contributed by atoms with Gasteiger partial charge in [-0.15, -0.1) is 22.7 Å². The van der Waals surface area contributed by atoms with E-state index >= 15 is 0 Å². The number of carbonyl (C=O) groups is 2. The number of rotatable bonds is 5. The summed E-state index contributed by atoms with van der Waals surface area (Å²) in [4.78, 5) is 27.7. The summed E-state index contributed by atoms with van der Waals surface area (Å²) in [5.74, 6) is -0.292. The number of aryl methyl sites for hydroxylation is 1. The summed E-state index contributed by atoms with van der Waals surface area (Å²) in [6.07, 6.45) is 0. The fourth-order valence-corrected chi connectivity index (χ4v) is 3.51. The molecule has 0 fully saturated rings. The molecule has 0 saturated carbocycles. The predicted molar refractivity (Wildman–Crippen MR) is 86.8 cm³/mol. The van der Waals surface area contributed by atoms with Crippen molar-refractivity contribution >= 4 is 34.5 Å². The Balaban J connectivity index is 1.92. The van der Waals surface area contributed by atoms with Crippen LogP contribution in [-0.2, 0) is 11.3 Å². The van der Waals surface area contributed by atoms with Crippen LogP contribution in [-0.4, -0.2) is 29.8 Å². The first kappa shape index (κ1) is 15.7. The molecule has 1 atom stereocenters. The molecule has 2 rings (SSSR count). The lowest BCUT2D eigenvalue weighted by molar-refractivity contribution is -0.132. The van der Waals surface area contributed by atoms with Crippen LogP contribution in [0.2, 0.25) is 0 Å². The van der Waals surface area contributed by atoms with E-state index in [1.807, 2.05) is 29.8 Å². The number of nitrogens with zero attached hydrogens (tertiary/aromatic N) is 1. The van der Waals surface area contributed by atoms with E-state index in [2.05, 4.69) is 5.32 Å². The predicted octanol–water partition coefficient (Wildman–Crippen LogP) is 2.89. The highest BCUT2D eigenvalue weighted by Gasteiger charge is 2.21. The lowest BCUT2D eigenvalue weighted by Crippen LogP contribution is -2.45. The van der Waals surface area contributed by atoms with Crippen LogP contribution in [0.4, 0.5) is 0 Å². The van der Waals surface area contributed by atoms with Crippen molar-refractivity contribution in [2.24, 2.45) is 0 Å². The van der Waals surface area contributed by atoms with Crippen molar-refractivity contribution in [2.75, 3.05) is 7.05 Å². The molecule has 0 aliphatic heterocycles. The minimum Gasteiger partial charge on any atom is -0.340 e. The molecule has 2 heterocycles. The molecule has 2 aromatic heterocycles. The van der Waals surface area contributed by atoms with Gasteiger partial charge >= 0.3 is 0 Å². The summed E-state index contributed by atoms with van der Waals surface area (Å²) in [5, 5.41) is 6.60. The van der Waals surface area contributed by atoms with Crippen LogP contribution in [0.3, 0.4) is 0 Å². The Morgan fingerprint density at radius 3 is 2.62 bits per heavy atom. The molecule has 6 heteroatoms. The molecule has 0 aliphatic rings. The maximum Gasteiger partial charge on any atom is 0.261 e. The van der Waals surface area contributed by atoms with Gasteiger partial charge in [0.2, 0.25) is 5.91 Å². The number of hydrogen-bond acceptors (Lipinski definition) is 4. The first-order chi connectivity index (χ1) is 9.99. The molecule has 0 aliphatic carbocycles. The SMILES string of the molecule is Cc1ccsc1CN(C)C(=O)C(C)NC(=O)c1cccs1. The maximum absolute atomic E-state index is 12.3. The maximum atomic E-state index is 12.3. The van der Waals surface area contributed by atoms with E-state index < -0.39 is 6.04 Å². The van der Waals surface area contributed by atoms with Crippen molar-refractivity contribution in [1.29, 1.82) is 0 Å². The highest BCUT2D eigenvalue weighted by molar-refractivity contribution is 7.12. The Morgan fingerprint density at radius 1 is 1.29 bits per heavy atom. The highest BCUT2D eigenvalue weighted by atomic mass is 32.1. The fourth-order valence-electron chi connectivity index (χ4n) is 1.93. The lowest BCUT2D eigenvalue weighted by Gasteiger charge is -2.21. The summed E-state index contributed by atoms with van der Waals surface area (Å²) in [6.45, 7) is 4.32. The molecule has 2 aromatic rings. The Kier molecular flexibility index (Phi) is 5.14. The smallest absolute Gasteiger partial charge is 0.261 e. The average Bonchev–Trinajstić information content (AvgIpc) is 3.10. The van der Waals surface area contributed by atoms with Crippen LogP contribution >= 0.6 is 22.7 Å². The number of thiophene rings is 2. The fraction of sp³-hybridized carbons (Fsp3) is 0.333. The van der Waals surface area contributed by atoms with Gasteiger partial charge in [0.15, 0.2) is 0 Å². The number of carbonyl (C=O) groups excluding carboxylic acids is 2. The molecule has 0 radical (unpaired) electrons. The first-order valence-electron chi connectivity index (χ1n) is 6.61. The number of nitrogens with one attached hydrogen (secondary N) is 1. The number of amides is 2. The van der Waals surface area contributed by atoms with Gasteiger partial charge in [0.05, 0.1) is 11.4 Å². The van der Waals surface area contributed by atoms with Crippen LogP contribution in [0.15, 0.2) is 29.0 Å². The van der Waals surface area contributed by atoms with Gasteiger partial charge in [0, 0.05) is 11.9 Å². The third-order valence-corrected chi connectivity index (χ3v) is 5.06. The number of hydrogen-bond donors (Lipinski definition) is 1. The zero-order valence-electron chi connectivity index (χ0n) is 12.3. The van der Waals surface area contributed by atoms with Crippen molar-refractivity contribution < 1.29 is 9.59 Å². The third kappa shape index (κ3) is 3.92. The minimum absolute atomic E-state index is 0.0901. The monoisotopic (exact) mass is 322 g/mol. The topological polar surface area (TPSA) is 49.4 Å². The van der Waals surface area contributed by atoms with Gasteiger partial charge in [-0.1, -0.05) is 6.07 Å². The van der Waals surface area contributed by atoms with Gasteiger partial charge in [-0.25, -0.2) is 0 Å². The summed E-state index contributed by atoms with van der Waals surface area (Å²) < 4.78 is 0. The largest absolute Gasteiger partial charge is 0.340 e. The Morgan fingerprint density at radius 2 is 2.05 bits per heavy atom. The van der Waals surface area contributed by atoms with Crippen LogP contribution < -0.4 is 5.32 Å². The zero-order valence-corrected chi connectivity index (χ0v) is 13.9. The van der Waals surface area contributed by atoms with Crippen LogP contribution in [0.5, 0.6) is 0 Å². The van der Waals surface area contributed by atoms with Crippen LogP contribution in [0.25, 0.3) is 0 Å². The molecule has 0 bridgehead atoms. The van der Waals surface area contributed by atoms with Crippen molar-refractivity contribution in [2.45, 2.75) is 26.4 Å². The molecule has 0 spiro atoms. The molecule has 112 valence electrons. The molecule has 21 heavy (non-hydrogen) atoms.